The van der Waals surface area contributed by atoms with Crippen LogP contribution in [0, 0.1) is 5.41 Å². The Balaban J connectivity index is 0.000000605. The van der Waals surface area contributed by atoms with E-state index >= 15 is 0 Å². The molecule has 3 nitrogen and oxygen atoms in total. The number of hydrogen-bond acceptors (Lipinski definition) is 3. The predicted molar refractivity (Wildman–Crippen MR) is 37.6 cm³/mol. The van der Waals surface area contributed by atoms with Gasteiger partial charge >= 0.3 is 58.1 Å². The maximum atomic E-state index is 5.39. The topological polar surface area (TPSA) is 27.7 Å². The van der Waals surface area contributed by atoms with E-state index < -0.39 is 6.75 Å². The molecule has 0 spiro atoms. The van der Waals surface area contributed by atoms with E-state index in [-0.39, 0.29) is 56.8 Å². The van der Waals surface area contributed by atoms with Crippen molar-refractivity contribution in [3.05, 3.63) is 0 Å². The summed E-state index contributed by atoms with van der Waals surface area (Å²) < 4.78 is 16.2. The Bertz CT molecular complexity index is 121. The second-order valence-corrected chi connectivity index (χ2v) is 3.74. The van der Waals surface area contributed by atoms with Crippen molar-refractivity contribution in [1.29, 1.82) is 0 Å². The van der Waals surface area contributed by atoms with Gasteiger partial charge in [-0.2, -0.15) is 0 Å². The molecular formula is C6H12BKO3. The van der Waals surface area contributed by atoms with Gasteiger partial charge in [-0.05, 0) is 0 Å². The molecule has 0 saturated carbocycles. The molecule has 0 radical (unpaired) electrons. The van der Waals surface area contributed by atoms with Crippen LogP contribution < -0.4 is 51.4 Å². The van der Waals surface area contributed by atoms with E-state index in [9.17, 15) is 0 Å². The molecule has 3 aliphatic heterocycles. The monoisotopic (exact) mass is 182 g/mol. The summed E-state index contributed by atoms with van der Waals surface area (Å²) >= 11 is 0. The van der Waals surface area contributed by atoms with Crippen LogP contribution in [0.25, 0.3) is 0 Å². The molecule has 0 aromatic carbocycles. The third-order valence-electron chi connectivity index (χ3n) is 2.20. The first-order chi connectivity index (χ1) is 4.62. The molecular weight excluding hydrogens is 170 g/mol. The number of fused-ring (bicyclic) bond motifs is 3. The van der Waals surface area contributed by atoms with Crippen LogP contribution in [0.2, 0.25) is 6.82 Å². The average molecular weight is 182 g/mol. The van der Waals surface area contributed by atoms with E-state index in [0.717, 1.165) is 19.8 Å². The van der Waals surface area contributed by atoms with Crippen LogP contribution in [0.1, 0.15) is 6.92 Å². The Morgan fingerprint density at radius 2 is 1.45 bits per heavy atom. The zero-order valence-electron chi connectivity index (χ0n) is 7.42. The van der Waals surface area contributed by atoms with Crippen LogP contribution in [-0.4, -0.2) is 26.6 Å². The van der Waals surface area contributed by atoms with E-state index in [0.29, 0.717) is 0 Å². The molecule has 0 aliphatic carbocycles. The van der Waals surface area contributed by atoms with E-state index in [2.05, 4.69) is 6.92 Å². The average Bonchev–Trinajstić information content (AvgIpc) is 1.93. The SMILES string of the molecule is C[B-]12OCC(C)(CO1)CO2.[K+]. The minimum absolute atomic E-state index is 0. The van der Waals surface area contributed by atoms with Gasteiger partial charge < -0.3 is 14.0 Å². The number of rotatable bonds is 0. The molecule has 0 atom stereocenters. The van der Waals surface area contributed by atoms with Crippen molar-refractivity contribution in [2.24, 2.45) is 5.41 Å². The van der Waals surface area contributed by atoms with Gasteiger partial charge in [-0.3, -0.25) is 0 Å². The normalized spacial score (nSPS) is 48.5. The molecule has 0 amide bonds. The molecule has 58 valence electrons. The first kappa shape index (κ1) is 10.7. The Morgan fingerprint density at radius 3 is 1.73 bits per heavy atom. The largest absolute Gasteiger partial charge is 1.00 e. The fourth-order valence-corrected chi connectivity index (χ4v) is 1.33. The van der Waals surface area contributed by atoms with Gasteiger partial charge in [0, 0.05) is 25.2 Å². The molecule has 3 aliphatic rings. The van der Waals surface area contributed by atoms with Crippen molar-refractivity contribution in [1.82, 2.24) is 0 Å². The summed E-state index contributed by atoms with van der Waals surface area (Å²) in [5, 5.41) is 0. The molecule has 3 rings (SSSR count). The second-order valence-electron chi connectivity index (χ2n) is 3.74. The third kappa shape index (κ3) is 2.09. The molecule has 3 heterocycles. The summed E-state index contributed by atoms with van der Waals surface area (Å²) in [6.45, 7) is 4.98. The maximum Gasteiger partial charge on any atom is 1.00 e. The zero-order chi connectivity index (χ0) is 7.24. The maximum absolute atomic E-state index is 5.39. The first-order valence-electron chi connectivity index (χ1n) is 3.71. The van der Waals surface area contributed by atoms with Gasteiger partial charge in [-0.15, -0.1) is 6.82 Å². The third-order valence-corrected chi connectivity index (χ3v) is 2.20. The molecule has 0 N–H and O–H groups in total. The van der Waals surface area contributed by atoms with Gasteiger partial charge in [0.15, 0.2) is 0 Å². The van der Waals surface area contributed by atoms with E-state index in [1.54, 1.807) is 0 Å². The zero-order valence-corrected chi connectivity index (χ0v) is 10.5. The molecule has 0 aromatic heterocycles. The van der Waals surface area contributed by atoms with E-state index in [4.69, 9.17) is 14.0 Å². The van der Waals surface area contributed by atoms with Crippen LogP contribution in [0.5, 0.6) is 0 Å². The Kier molecular flexibility index (Phi) is 3.28. The van der Waals surface area contributed by atoms with Crippen molar-refractivity contribution in [2.45, 2.75) is 13.7 Å². The smallest absolute Gasteiger partial charge is 0.544 e. The Labute approximate surface area is 110 Å². The molecule has 2 bridgehead atoms. The second kappa shape index (κ2) is 3.38. The minimum Gasteiger partial charge on any atom is -0.544 e. The van der Waals surface area contributed by atoms with Crippen LogP contribution in [0.3, 0.4) is 0 Å². The summed E-state index contributed by atoms with van der Waals surface area (Å²) in [6.07, 6.45) is 0. The van der Waals surface area contributed by atoms with Crippen LogP contribution >= 0.6 is 0 Å². The van der Waals surface area contributed by atoms with Crippen LogP contribution in [-0.2, 0) is 14.0 Å². The standard InChI is InChI=1S/C6H12BO3.K/c1-6-3-8-7(2,9-4-6)10-5-6;/h3-5H2,1-2H3;/q-1;+1. The Morgan fingerprint density at radius 1 is 1.09 bits per heavy atom. The fraction of sp³-hybridized carbons (Fsp3) is 1.00. The van der Waals surface area contributed by atoms with Crippen molar-refractivity contribution < 1.29 is 65.3 Å². The van der Waals surface area contributed by atoms with Crippen molar-refractivity contribution in [3.8, 4) is 0 Å². The van der Waals surface area contributed by atoms with Gasteiger partial charge in [0.05, 0.1) is 0 Å². The Hall–Kier alpha value is 1.58. The number of hydrogen-bond donors (Lipinski definition) is 0. The molecule has 3 fully saturated rings. The summed E-state index contributed by atoms with van der Waals surface area (Å²) in [6, 6.07) is 0. The quantitative estimate of drug-likeness (QED) is 0.392. The molecule has 5 heteroatoms. The van der Waals surface area contributed by atoms with Crippen molar-refractivity contribution >= 4 is 6.75 Å². The van der Waals surface area contributed by atoms with Gasteiger partial charge in [0.2, 0.25) is 0 Å². The van der Waals surface area contributed by atoms with Crippen LogP contribution in [0.4, 0.5) is 0 Å². The minimum atomic E-state index is -1.35. The molecule has 0 aromatic rings. The van der Waals surface area contributed by atoms with Gasteiger partial charge in [0.25, 0.3) is 0 Å². The van der Waals surface area contributed by atoms with E-state index in [1.165, 1.54) is 0 Å². The molecule has 11 heavy (non-hydrogen) atoms. The summed E-state index contributed by atoms with van der Waals surface area (Å²) in [5.74, 6) is 0. The first-order valence-corrected chi connectivity index (χ1v) is 3.71. The summed E-state index contributed by atoms with van der Waals surface area (Å²) in [7, 11) is 0. The summed E-state index contributed by atoms with van der Waals surface area (Å²) in [4.78, 5) is 0. The van der Waals surface area contributed by atoms with Gasteiger partial charge in [-0.25, -0.2) is 0 Å². The predicted octanol–water partition coefficient (Wildman–Crippen LogP) is -2.36. The van der Waals surface area contributed by atoms with Gasteiger partial charge in [-0.1, -0.05) is 6.92 Å². The fourth-order valence-electron chi connectivity index (χ4n) is 1.33. The van der Waals surface area contributed by atoms with Crippen molar-refractivity contribution in [3.63, 3.8) is 0 Å². The van der Waals surface area contributed by atoms with Gasteiger partial charge in [0.1, 0.15) is 0 Å². The van der Waals surface area contributed by atoms with E-state index in [1.807, 2.05) is 6.82 Å². The molecule has 0 unspecified atom stereocenters. The van der Waals surface area contributed by atoms with Crippen LogP contribution in [0.15, 0.2) is 0 Å². The summed E-state index contributed by atoms with van der Waals surface area (Å²) in [5.41, 5.74) is 0.111. The molecule has 3 saturated heterocycles. The van der Waals surface area contributed by atoms with Crippen molar-refractivity contribution in [2.75, 3.05) is 19.8 Å².